The topological polar surface area (TPSA) is 88.2 Å². The van der Waals surface area contributed by atoms with Crippen LogP contribution in [0, 0.1) is 5.92 Å². The van der Waals surface area contributed by atoms with E-state index in [1.165, 1.54) is 12.5 Å². The van der Waals surface area contributed by atoms with Crippen molar-refractivity contribution in [2.24, 2.45) is 5.92 Å². The van der Waals surface area contributed by atoms with Gasteiger partial charge in [0.1, 0.15) is 5.75 Å². The number of hydrogen-bond acceptors (Lipinski definition) is 5. The fraction of sp³-hybridized carbons (Fsp3) is 0.250. The molecule has 0 atom stereocenters. The molecule has 18 heavy (non-hydrogen) atoms. The molecule has 0 saturated carbocycles. The molecule has 0 aliphatic heterocycles. The van der Waals surface area contributed by atoms with Crippen molar-refractivity contribution in [3.63, 3.8) is 0 Å². The third-order valence-electron chi connectivity index (χ3n) is 2.38. The van der Waals surface area contributed by atoms with Gasteiger partial charge in [0.2, 0.25) is 12.3 Å². The number of hydrogen-bond donors (Lipinski definition) is 2. The van der Waals surface area contributed by atoms with Crippen molar-refractivity contribution in [1.82, 2.24) is 10.2 Å². The summed E-state index contributed by atoms with van der Waals surface area (Å²) in [5.74, 6) is -0.00207. The number of amides is 1. The number of benzene rings is 1. The van der Waals surface area contributed by atoms with Crippen molar-refractivity contribution in [3.8, 4) is 17.2 Å². The number of carbonyl (C=O) groups excluding carboxylic acids is 1. The highest BCUT2D eigenvalue weighted by atomic mass is 16.4. The van der Waals surface area contributed by atoms with Crippen molar-refractivity contribution in [3.05, 3.63) is 24.6 Å². The molecule has 6 nitrogen and oxygen atoms in total. The van der Waals surface area contributed by atoms with E-state index in [0.717, 1.165) is 0 Å². The molecule has 2 N–H and O–H groups in total. The Morgan fingerprint density at radius 1 is 1.44 bits per heavy atom. The Labute approximate surface area is 104 Å². The summed E-state index contributed by atoms with van der Waals surface area (Å²) >= 11 is 0. The zero-order valence-electron chi connectivity index (χ0n) is 10.0. The van der Waals surface area contributed by atoms with Gasteiger partial charge in [-0.05, 0) is 18.2 Å². The minimum Gasteiger partial charge on any atom is -0.507 e. The third kappa shape index (κ3) is 2.48. The van der Waals surface area contributed by atoms with Gasteiger partial charge < -0.3 is 14.8 Å². The first-order valence-corrected chi connectivity index (χ1v) is 5.48. The lowest BCUT2D eigenvalue weighted by atomic mass is 10.1. The van der Waals surface area contributed by atoms with Crippen molar-refractivity contribution in [1.29, 1.82) is 0 Å². The van der Waals surface area contributed by atoms with Gasteiger partial charge in [-0.15, -0.1) is 10.2 Å². The fourth-order valence-corrected chi connectivity index (χ4v) is 1.36. The summed E-state index contributed by atoms with van der Waals surface area (Å²) in [6, 6.07) is 4.66. The maximum atomic E-state index is 11.6. The Hall–Kier alpha value is -2.37. The molecule has 0 saturated heterocycles. The zero-order valence-corrected chi connectivity index (χ0v) is 10.0. The minimum absolute atomic E-state index is 0.0156. The number of aromatic nitrogens is 2. The Kier molecular flexibility index (Phi) is 3.27. The van der Waals surface area contributed by atoms with Crippen LogP contribution < -0.4 is 5.32 Å². The molecule has 1 aromatic carbocycles. The lowest BCUT2D eigenvalue weighted by Crippen LogP contribution is -2.17. The van der Waals surface area contributed by atoms with Gasteiger partial charge in [0, 0.05) is 11.6 Å². The van der Waals surface area contributed by atoms with E-state index < -0.39 is 0 Å². The van der Waals surface area contributed by atoms with Crippen LogP contribution in [0.25, 0.3) is 11.5 Å². The highest BCUT2D eigenvalue weighted by Crippen LogP contribution is 2.30. The number of carbonyl (C=O) groups is 1. The second kappa shape index (κ2) is 4.87. The average Bonchev–Trinajstić information content (AvgIpc) is 2.85. The molecule has 0 aliphatic rings. The smallest absolute Gasteiger partial charge is 0.251 e. The van der Waals surface area contributed by atoms with Crippen LogP contribution in [0.15, 0.2) is 29.0 Å². The summed E-state index contributed by atoms with van der Waals surface area (Å²) in [5, 5.41) is 19.7. The Morgan fingerprint density at radius 3 is 2.83 bits per heavy atom. The summed E-state index contributed by atoms with van der Waals surface area (Å²) in [5.41, 5.74) is 0.953. The Bertz CT molecular complexity index is 550. The molecule has 2 rings (SSSR count). The van der Waals surface area contributed by atoms with Crippen LogP contribution in [0.1, 0.15) is 13.8 Å². The van der Waals surface area contributed by atoms with Gasteiger partial charge >= 0.3 is 0 Å². The van der Waals surface area contributed by atoms with Gasteiger partial charge in [0.25, 0.3) is 5.89 Å². The molecule has 1 aromatic heterocycles. The number of rotatable bonds is 3. The van der Waals surface area contributed by atoms with Crippen molar-refractivity contribution in [2.75, 3.05) is 5.32 Å². The predicted octanol–water partition coefficient (Wildman–Crippen LogP) is 2.04. The lowest BCUT2D eigenvalue weighted by Gasteiger charge is -2.09. The second-order valence-electron chi connectivity index (χ2n) is 4.12. The molecule has 6 heteroatoms. The standard InChI is InChI=1S/C12H13N3O3/c1-7(2)11(17)14-8-3-4-10(16)9(5-8)12-15-13-6-18-12/h3-7,16H,1-2H3,(H,14,17). The lowest BCUT2D eigenvalue weighted by molar-refractivity contribution is -0.118. The van der Waals surface area contributed by atoms with Crippen LogP contribution in [0.2, 0.25) is 0 Å². The quantitative estimate of drug-likeness (QED) is 0.810. The molecule has 0 aliphatic carbocycles. The number of nitrogens with zero attached hydrogens (tertiary/aromatic N) is 2. The fourth-order valence-electron chi connectivity index (χ4n) is 1.36. The average molecular weight is 247 g/mol. The number of phenolic OH excluding ortho intramolecular Hbond substituents is 1. The van der Waals surface area contributed by atoms with Crippen molar-refractivity contribution in [2.45, 2.75) is 13.8 Å². The molecule has 0 fully saturated rings. The first-order valence-electron chi connectivity index (χ1n) is 5.48. The highest BCUT2D eigenvalue weighted by molar-refractivity contribution is 5.92. The molecule has 2 aromatic rings. The second-order valence-corrected chi connectivity index (χ2v) is 4.12. The first-order chi connectivity index (χ1) is 8.58. The van der Waals surface area contributed by atoms with Crippen LogP contribution in [0.5, 0.6) is 5.75 Å². The van der Waals surface area contributed by atoms with Gasteiger partial charge in [-0.25, -0.2) is 0 Å². The number of nitrogens with one attached hydrogen (secondary N) is 1. The first kappa shape index (κ1) is 12.1. The van der Waals surface area contributed by atoms with E-state index in [0.29, 0.717) is 11.3 Å². The van der Waals surface area contributed by atoms with E-state index in [-0.39, 0.29) is 23.5 Å². The molecule has 1 heterocycles. The summed E-state index contributed by atoms with van der Waals surface area (Å²) in [6.45, 7) is 3.60. The minimum atomic E-state index is -0.120. The molecule has 0 spiro atoms. The zero-order chi connectivity index (χ0) is 13.1. The summed E-state index contributed by atoms with van der Waals surface area (Å²) in [6.07, 6.45) is 1.17. The van der Waals surface area contributed by atoms with Gasteiger partial charge in [0.05, 0.1) is 5.56 Å². The predicted molar refractivity (Wildman–Crippen MR) is 64.9 cm³/mol. The highest BCUT2D eigenvalue weighted by Gasteiger charge is 2.12. The van der Waals surface area contributed by atoms with Crippen LogP contribution in [0.3, 0.4) is 0 Å². The van der Waals surface area contributed by atoms with Crippen LogP contribution in [-0.4, -0.2) is 21.2 Å². The van der Waals surface area contributed by atoms with Gasteiger partial charge in [-0.3, -0.25) is 4.79 Å². The van der Waals surface area contributed by atoms with E-state index in [2.05, 4.69) is 15.5 Å². The third-order valence-corrected chi connectivity index (χ3v) is 2.38. The van der Waals surface area contributed by atoms with E-state index in [4.69, 9.17) is 4.42 Å². The summed E-state index contributed by atoms with van der Waals surface area (Å²) < 4.78 is 5.01. The van der Waals surface area contributed by atoms with Gasteiger partial charge in [-0.2, -0.15) is 0 Å². The van der Waals surface area contributed by atoms with E-state index in [9.17, 15) is 9.90 Å². The van der Waals surface area contributed by atoms with Crippen molar-refractivity contribution >= 4 is 11.6 Å². The van der Waals surface area contributed by atoms with E-state index >= 15 is 0 Å². The number of phenols is 1. The molecule has 0 bridgehead atoms. The van der Waals surface area contributed by atoms with E-state index in [1.54, 1.807) is 26.0 Å². The van der Waals surface area contributed by atoms with Crippen LogP contribution >= 0.6 is 0 Å². The largest absolute Gasteiger partial charge is 0.507 e. The molecule has 0 radical (unpaired) electrons. The molecular weight excluding hydrogens is 234 g/mol. The van der Waals surface area contributed by atoms with Gasteiger partial charge in [0.15, 0.2) is 0 Å². The maximum absolute atomic E-state index is 11.6. The molecular formula is C12H13N3O3. The van der Waals surface area contributed by atoms with Crippen molar-refractivity contribution < 1.29 is 14.3 Å². The van der Waals surface area contributed by atoms with Crippen LogP contribution in [-0.2, 0) is 4.79 Å². The SMILES string of the molecule is CC(C)C(=O)Nc1ccc(O)c(-c2nnco2)c1. The van der Waals surface area contributed by atoms with Gasteiger partial charge in [-0.1, -0.05) is 13.8 Å². The monoisotopic (exact) mass is 247 g/mol. The Morgan fingerprint density at radius 2 is 2.22 bits per heavy atom. The molecule has 94 valence electrons. The summed E-state index contributed by atoms with van der Waals surface area (Å²) in [4.78, 5) is 11.6. The normalized spacial score (nSPS) is 10.6. The Balaban J connectivity index is 2.30. The molecule has 1 amide bonds. The number of aromatic hydroxyl groups is 1. The maximum Gasteiger partial charge on any atom is 0.251 e. The van der Waals surface area contributed by atoms with Crippen LogP contribution in [0.4, 0.5) is 5.69 Å². The summed E-state index contributed by atoms with van der Waals surface area (Å²) in [7, 11) is 0. The molecule has 0 unspecified atom stereocenters. The van der Waals surface area contributed by atoms with E-state index in [1.807, 2.05) is 0 Å². The number of anilines is 1.